The molecule has 0 amide bonds. The first-order valence-corrected chi connectivity index (χ1v) is 9.72. The van der Waals surface area contributed by atoms with Gasteiger partial charge in [0.2, 0.25) is 0 Å². The maximum atomic E-state index is 6.02. The van der Waals surface area contributed by atoms with Crippen LogP contribution in [0.15, 0.2) is 54.7 Å². The lowest BCUT2D eigenvalue weighted by Gasteiger charge is -2.12. The molecule has 2 aliphatic rings. The van der Waals surface area contributed by atoms with Gasteiger partial charge >= 0.3 is 0 Å². The third kappa shape index (κ3) is 2.21. The minimum absolute atomic E-state index is 0.355. The molecular weight excluding hydrogens is 354 g/mol. The Morgan fingerprint density at radius 2 is 1.74 bits per heavy atom. The van der Waals surface area contributed by atoms with Crippen molar-refractivity contribution in [3.8, 4) is 11.1 Å². The molecule has 1 saturated carbocycles. The first-order chi connectivity index (χ1) is 13.1. The molecule has 0 saturated heterocycles. The second-order valence-corrected chi connectivity index (χ2v) is 8.32. The van der Waals surface area contributed by atoms with Crippen molar-refractivity contribution in [2.45, 2.75) is 18.3 Å². The lowest BCUT2D eigenvalue weighted by atomic mass is 9.92. The van der Waals surface area contributed by atoms with Gasteiger partial charge in [0.1, 0.15) is 5.15 Å². The van der Waals surface area contributed by atoms with Crippen LogP contribution in [0, 0.1) is 0 Å². The van der Waals surface area contributed by atoms with Crippen LogP contribution < -0.4 is 4.90 Å². The zero-order chi connectivity index (χ0) is 18.2. The number of hydrogen-bond acceptors (Lipinski definition) is 3. The van der Waals surface area contributed by atoms with Crippen molar-refractivity contribution in [1.29, 1.82) is 0 Å². The lowest BCUT2D eigenvalue weighted by Crippen LogP contribution is -2.18. The van der Waals surface area contributed by atoms with Crippen LogP contribution >= 0.6 is 11.6 Å². The molecule has 1 fully saturated rings. The predicted molar refractivity (Wildman–Crippen MR) is 112 cm³/mol. The van der Waals surface area contributed by atoms with Crippen LogP contribution in [0.5, 0.6) is 0 Å². The zero-order valence-corrected chi connectivity index (χ0v) is 15.8. The first kappa shape index (κ1) is 15.4. The molecule has 27 heavy (non-hydrogen) atoms. The van der Waals surface area contributed by atoms with Crippen molar-refractivity contribution < 1.29 is 0 Å². The van der Waals surface area contributed by atoms with Gasteiger partial charge in [0.05, 0.1) is 22.9 Å². The molecule has 0 radical (unpaired) electrons. The van der Waals surface area contributed by atoms with Crippen LogP contribution in [0.1, 0.15) is 18.4 Å². The molecule has 132 valence electrons. The summed E-state index contributed by atoms with van der Waals surface area (Å²) in [5.41, 5.74) is 7.60. The van der Waals surface area contributed by atoms with Gasteiger partial charge < -0.3 is 4.90 Å². The molecule has 3 heterocycles. The fourth-order valence-corrected chi connectivity index (χ4v) is 4.82. The van der Waals surface area contributed by atoms with Crippen LogP contribution in [-0.4, -0.2) is 23.6 Å². The largest absolute Gasteiger partial charge is 0.372 e. The van der Waals surface area contributed by atoms with E-state index in [1.807, 2.05) is 18.2 Å². The molecule has 4 heteroatoms. The molecule has 6 rings (SSSR count). The summed E-state index contributed by atoms with van der Waals surface area (Å²) < 4.78 is 0. The van der Waals surface area contributed by atoms with Crippen molar-refractivity contribution in [2.75, 3.05) is 18.5 Å². The summed E-state index contributed by atoms with van der Waals surface area (Å²) in [7, 11) is 2.19. The van der Waals surface area contributed by atoms with Crippen LogP contribution in [0.4, 0.5) is 5.69 Å². The Hall–Kier alpha value is -2.65. The van der Waals surface area contributed by atoms with Gasteiger partial charge in [-0.3, -0.25) is 4.98 Å². The van der Waals surface area contributed by atoms with Gasteiger partial charge in [0.15, 0.2) is 0 Å². The summed E-state index contributed by atoms with van der Waals surface area (Å²) in [5.74, 6) is 0. The van der Waals surface area contributed by atoms with Crippen molar-refractivity contribution in [3.05, 3.63) is 65.4 Å². The molecule has 1 aliphatic heterocycles. The highest BCUT2D eigenvalue weighted by Crippen LogP contribution is 2.58. The van der Waals surface area contributed by atoms with E-state index < -0.39 is 0 Å². The molecule has 2 aromatic heterocycles. The zero-order valence-electron chi connectivity index (χ0n) is 15.0. The molecule has 1 aliphatic carbocycles. The quantitative estimate of drug-likeness (QED) is 0.409. The van der Waals surface area contributed by atoms with Gasteiger partial charge in [0.25, 0.3) is 0 Å². The number of fused-ring (bicyclic) bond motifs is 5. The smallest absolute Gasteiger partial charge is 0.129 e. The topological polar surface area (TPSA) is 29.0 Å². The van der Waals surface area contributed by atoms with E-state index in [4.69, 9.17) is 16.6 Å². The second kappa shape index (κ2) is 5.20. The molecule has 0 atom stereocenters. The summed E-state index contributed by atoms with van der Waals surface area (Å²) in [4.78, 5) is 11.5. The molecule has 3 nitrogen and oxygen atoms in total. The van der Waals surface area contributed by atoms with Crippen LogP contribution in [-0.2, 0) is 5.41 Å². The highest BCUT2D eigenvalue weighted by Gasteiger charge is 2.51. The van der Waals surface area contributed by atoms with Crippen LogP contribution in [0.25, 0.3) is 32.9 Å². The summed E-state index contributed by atoms with van der Waals surface area (Å²) in [5, 5.41) is 2.94. The van der Waals surface area contributed by atoms with E-state index in [1.165, 1.54) is 40.6 Å². The Morgan fingerprint density at radius 3 is 2.56 bits per heavy atom. The van der Waals surface area contributed by atoms with E-state index >= 15 is 0 Å². The third-order valence-corrected chi connectivity index (χ3v) is 6.38. The van der Waals surface area contributed by atoms with E-state index in [9.17, 15) is 0 Å². The Balaban J connectivity index is 1.56. The Bertz CT molecular complexity index is 1240. The van der Waals surface area contributed by atoms with Crippen molar-refractivity contribution in [1.82, 2.24) is 9.97 Å². The molecule has 0 bridgehead atoms. The van der Waals surface area contributed by atoms with Crippen LogP contribution in [0.2, 0.25) is 5.15 Å². The second-order valence-electron chi connectivity index (χ2n) is 7.93. The summed E-state index contributed by atoms with van der Waals surface area (Å²) >= 11 is 6.02. The van der Waals surface area contributed by atoms with Gasteiger partial charge in [-0.1, -0.05) is 23.7 Å². The van der Waals surface area contributed by atoms with Gasteiger partial charge in [0, 0.05) is 29.8 Å². The normalized spacial score (nSPS) is 17.0. The third-order valence-electron chi connectivity index (χ3n) is 6.17. The van der Waals surface area contributed by atoms with E-state index in [1.54, 1.807) is 0 Å². The highest BCUT2D eigenvalue weighted by atomic mass is 35.5. The number of hydrogen-bond donors (Lipinski definition) is 0. The number of anilines is 1. The van der Waals surface area contributed by atoms with Crippen LogP contribution in [0.3, 0.4) is 0 Å². The Labute approximate surface area is 162 Å². The molecule has 0 N–H and O–H groups in total. The average Bonchev–Trinajstić information content (AvgIpc) is 3.39. The number of likely N-dealkylation sites (N-methyl/N-ethyl adjacent to an activating group) is 1. The molecular formula is C23H18ClN3. The number of pyridine rings is 2. The maximum absolute atomic E-state index is 6.02. The number of benzene rings is 2. The SMILES string of the molecule is CN1CC2(CC2)c2c1cnc1ccc(-c3ccc4nc(Cl)ccc4c3)cc21. The van der Waals surface area contributed by atoms with Crippen molar-refractivity contribution in [2.24, 2.45) is 0 Å². The molecule has 0 unspecified atom stereocenters. The van der Waals surface area contributed by atoms with E-state index in [0.29, 0.717) is 10.6 Å². The molecule has 4 aromatic rings. The number of aromatic nitrogens is 2. The summed E-state index contributed by atoms with van der Waals surface area (Å²) in [6.07, 6.45) is 4.63. The lowest BCUT2D eigenvalue weighted by molar-refractivity contribution is 0.735. The molecule has 1 spiro atoms. The van der Waals surface area contributed by atoms with Crippen molar-refractivity contribution >= 4 is 39.1 Å². The van der Waals surface area contributed by atoms with E-state index in [2.05, 4.69) is 53.5 Å². The minimum Gasteiger partial charge on any atom is -0.372 e. The van der Waals surface area contributed by atoms with E-state index in [0.717, 1.165) is 23.0 Å². The molecule has 2 aromatic carbocycles. The summed E-state index contributed by atoms with van der Waals surface area (Å²) in [6.45, 7) is 1.12. The fourth-order valence-electron chi connectivity index (χ4n) is 4.67. The Kier molecular flexibility index (Phi) is 2.97. The van der Waals surface area contributed by atoms with Gasteiger partial charge in [-0.05, 0) is 65.9 Å². The van der Waals surface area contributed by atoms with Gasteiger partial charge in [-0.25, -0.2) is 4.98 Å². The standard InChI is InChI=1S/C23H18ClN3/c1-27-13-23(8-9-23)22-17-11-15(3-6-19(17)25-12-20(22)27)14-2-5-18-16(10-14)4-7-21(24)26-18/h2-7,10-12H,8-9,13H2,1H3. The minimum atomic E-state index is 0.355. The number of halogens is 1. The Morgan fingerprint density at radius 1 is 0.963 bits per heavy atom. The van der Waals surface area contributed by atoms with Gasteiger partial charge in [-0.15, -0.1) is 0 Å². The first-order valence-electron chi connectivity index (χ1n) is 9.34. The fraction of sp³-hybridized carbons (Fsp3) is 0.217. The van der Waals surface area contributed by atoms with Crippen molar-refractivity contribution in [3.63, 3.8) is 0 Å². The number of nitrogens with zero attached hydrogens (tertiary/aromatic N) is 3. The van der Waals surface area contributed by atoms with Gasteiger partial charge in [-0.2, -0.15) is 0 Å². The predicted octanol–water partition coefficient (Wildman–Crippen LogP) is 5.58. The van der Waals surface area contributed by atoms with E-state index in [-0.39, 0.29) is 0 Å². The average molecular weight is 372 g/mol. The monoisotopic (exact) mass is 371 g/mol. The number of rotatable bonds is 1. The maximum Gasteiger partial charge on any atom is 0.129 e. The highest BCUT2D eigenvalue weighted by molar-refractivity contribution is 6.29. The summed E-state index contributed by atoms with van der Waals surface area (Å²) in [6, 6.07) is 16.9.